The quantitative estimate of drug-likeness (QED) is 0.176. The molecule has 0 radical (unpaired) electrons. The zero-order valence-electron chi connectivity index (χ0n) is 16.3. The van der Waals surface area contributed by atoms with Crippen LogP contribution in [0.2, 0.25) is 5.02 Å². The van der Waals surface area contributed by atoms with Crippen LogP contribution in [0.25, 0.3) is 0 Å². The third-order valence-electron chi connectivity index (χ3n) is 4.16. The molecular weight excluding hydrogens is 386 g/mol. The molecule has 1 aromatic carbocycles. The van der Waals surface area contributed by atoms with Crippen molar-refractivity contribution in [2.75, 3.05) is 6.61 Å². The molecule has 0 aliphatic heterocycles. The highest BCUT2D eigenvalue weighted by Crippen LogP contribution is 2.24. The molecule has 0 unspecified atom stereocenters. The first-order valence-electron chi connectivity index (χ1n) is 9.68. The van der Waals surface area contributed by atoms with E-state index in [1.165, 1.54) is 37.5 Å². The minimum absolute atomic E-state index is 0.0491. The molecule has 156 valence electrons. The van der Waals surface area contributed by atoms with Crippen LogP contribution in [0.5, 0.6) is 0 Å². The summed E-state index contributed by atoms with van der Waals surface area (Å²) in [6, 6.07) is 4.16. The largest absolute Gasteiger partial charge is 0.466 e. The van der Waals surface area contributed by atoms with Crippen LogP contribution in [0.3, 0.4) is 0 Å². The predicted molar refractivity (Wildman–Crippen MR) is 106 cm³/mol. The van der Waals surface area contributed by atoms with E-state index < -0.39 is 10.9 Å². The average Bonchev–Trinajstić information content (AvgIpc) is 2.66. The summed E-state index contributed by atoms with van der Waals surface area (Å²) in [7, 11) is 0. The van der Waals surface area contributed by atoms with E-state index in [2.05, 4.69) is 6.92 Å². The molecule has 0 saturated carbocycles. The average molecular weight is 414 g/mol. The minimum atomic E-state index is -0.575. The zero-order chi connectivity index (χ0) is 20.8. The Hall–Kier alpha value is -2.15. The number of halogens is 1. The number of nitro groups is 1. The van der Waals surface area contributed by atoms with Gasteiger partial charge >= 0.3 is 11.9 Å². The van der Waals surface area contributed by atoms with E-state index >= 15 is 0 Å². The highest BCUT2D eigenvalue weighted by atomic mass is 35.5. The van der Waals surface area contributed by atoms with Crippen LogP contribution in [0.4, 0.5) is 5.69 Å². The summed E-state index contributed by atoms with van der Waals surface area (Å²) in [4.78, 5) is 33.8. The summed E-state index contributed by atoms with van der Waals surface area (Å²) in [5.74, 6) is -0.845. The highest BCUT2D eigenvalue weighted by Gasteiger charge is 2.16. The SMILES string of the molecule is CCCCCCCCOC(=O)CCCC(=O)OCc1ccc(Cl)cc1[N+](=O)[O-]. The van der Waals surface area contributed by atoms with Gasteiger partial charge in [0.05, 0.1) is 17.1 Å². The second-order valence-corrected chi connectivity index (χ2v) is 6.97. The number of rotatable bonds is 14. The molecule has 0 amide bonds. The number of nitrogens with zero attached hydrogens (tertiary/aromatic N) is 1. The monoisotopic (exact) mass is 413 g/mol. The lowest BCUT2D eigenvalue weighted by Gasteiger charge is -2.07. The van der Waals surface area contributed by atoms with Gasteiger partial charge < -0.3 is 9.47 Å². The van der Waals surface area contributed by atoms with Crippen LogP contribution in [0.1, 0.15) is 70.3 Å². The molecule has 1 rings (SSSR count). The lowest BCUT2D eigenvalue weighted by atomic mass is 10.1. The predicted octanol–water partition coefficient (Wildman–Crippen LogP) is 5.37. The van der Waals surface area contributed by atoms with Gasteiger partial charge in [-0.1, -0.05) is 50.6 Å². The standard InChI is InChI=1S/C20H28ClNO6/c1-2-3-4-5-6-7-13-27-19(23)9-8-10-20(24)28-15-16-11-12-17(21)14-18(16)22(25)26/h11-12,14H,2-10,13,15H2,1H3. The van der Waals surface area contributed by atoms with E-state index in [9.17, 15) is 19.7 Å². The van der Waals surface area contributed by atoms with Gasteiger partial charge in [-0.2, -0.15) is 0 Å². The lowest BCUT2D eigenvalue weighted by Crippen LogP contribution is -2.09. The van der Waals surface area contributed by atoms with Crippen molar-refractivity contribution >= 4 is 29.2 Å². The third kappa shape index (κ3) is 10.3. The summed E-state index contributed by atoms with van der Waals surface area (Å²) in [6.07, 6.45) is 7.23. The Morgan fingerprint density at radius 3 is 2.32 bits per heavy atom. The van der Waals surface area contributed by atoms with Gasteiger partial charge in [-0.25, -0.2) is 0 Å². The van der Waals surface area contributed by atoms with E-state index in [1.54, 1.807) is 0 Å². The lowest BCUT2D eigenvalue weighted by molar-refractivity contribution is -0.385. The Bertz CT molecular complexity index is 650. The molecular formula is C20H28ClNO6. The number of hydrogen-bond donors (Lipinski definition) is 0. The van der Waals surface area contributed by atoms with E-state index in [-0.39, 0.29) is 41.7 Å². The molecule has 0 heterocycles. The molecule has 8 heteroatoms. The number of esters is 2. The fraction of sp³-hybridized carbons (Fsp3) is 0.600. The number of ether oxygens (including phenoxy) is 2. The number of nitro benzene ring substituents is 1. The second-order valence-electron chi connectivity index (χ2n) is 6.53. The number of benzene rings is 1. The molecule has 7 nitrogen and oxygen atoms in total. The van der Waals surface area contributed by atoms with Gasteiger partial charge in [-0.05, 0) is 25.0 Å². The van der Waals surface area contributed by atoms with Gasteiger partial charge in [0.25, 0.3) is 5.69 Å². The number of unbranched alkanes of at least 4 members (excludes halogenated alkanes) is 5. The maximum absolute atomic E-state index is 11.8. The summed E-state index contributed by atoms with van der Waals surface area (Å²) in [5, 5.41) is 11.2. The first kappa shape index (κ1) is 23.9. The Morgan fingerprint density at radius 2 is 1.64 bits per heavy atom. The van der Waals surface area contributed by atoms with Gasteiger partial charge in [0.15, 0.2) is 0 Å². The fourth-order valence-electron chi connectivity index (χ4n) is 2.58. The van der Waals surface area contributed by atoms with Crippen LogP contribution < -0.4 is 0 Å². The molecule has 0 atom stereocenters. The minimum Gasteiger partial charge on any atom is -0.466 e. The molecule has 0 N–H and O–H groups in total. The van der Waals surface area contributed by atoms with Crippen LogP contribution >= 0.6 is 11.6 Å². The molecule has 0 fully saturated rings. The van der Waals surface area contributed by atoms with Crippen LogP contribution in [-0.2, 0) is 25.7 Å². The topological polar surface area (TPSA) is 95.7 Å². The van der Waals surface area contributed by atoms with Crippen molar-refractivity contribution in [3.8, 4) is 0 Å². The zero-order valence-corrected chi connectivity index (χ0v) is 17.0. The normalized spacial score (nSPS) is 10.5. The van der Waals surface area contributed by atoms with Gasteiger partial charge in [0.2, 0.25) is 0 Å². The number of hydrogen-bond acceptors (Lipinski definition) is 6. The van der Waals surface area contributed by atoms with Crippen LogP contribution in [0, 0.1) is 10.1 Å². The van der Waals surface area contributed by atoms with Gasteiger partial charge in [0, 0.05) is 23.9 Å². The van der Waals surface area contributed by atoms with E-state index in [0.29, 0.717) is 13.0 Å². The molecule has 0 saturated heterocycles. The molecule has 0 aliphatic carbocycles. The Morgan fingerprint density at radius 1 is 1.00 bits per heavy atom. The Labute approximate surface area is 170 Å². The maximum Gasteiger partial charge on any atom is 0.306 e. The molecule has 0 aliphatic rings. The van der Waals surface area contributed by atoms with E-state index in [4.69, 9.17) is 21.1 Å². The summed E-state index contributed by atoms with van der Waals surface area (Å²) < 4.78 is 10.2. The van der Waals surface area contributed by atoms with Crippen LogP contribution in [-0.4, -0.2) is 23.5 Å². The summed E-state index contributed by atoms with van der Waals surface area (Å²) in [6.45, 7) is 2.36. The van der Waals surface area contributed by atoms with Crippen molar-refractivity contribution in [3.05, 3.63) is 38.9 Å². The van der Waals surface area contributed by atoms with Gasteiger partial charge in [0.1, 0.15) is 6.61 Å². The van der Waals surface area contributed by atoms with Crippen molar-refractivity contribution in [1.29, 1.82) is 0 Å². The molecule has 0 aromatic heterocycles. The van der Waals surface area contributed by atoms with E-state index in [1.807, 2.05) is 0 Å². The van der Waals surface area contributed by atoms with Crippen LogP contribution in [0.15, 0.2) is 18.2 Å². The van der Waals surface area contributed by atoms with Crippen molar-refractivity contribution in [2.24, 2.45) is 0 Å². The van der Waals surface area contributed by atoms with Crippen molar-refractivity contribution in [3.63, 3.8) is 0 Å². The smallest absolute Gasteiger partial charge is 0.306 e. The fourth-order valence-corrected chi connectivity index (χ4v) is 2.74. The van der Waals surface area contributed by atoms with Crippen molar-refractivity contribution in [2.45, 2.75) is 71.3 Å². The van der Waals surface area contributed by atoms with E-state index in [0.717, 1.165) is 19.3 Å². The first-order chi connectivity index (χ1) is 13.4. The number of carbonyl (C=O) groups excluding carboxylic acids is 2. The molecule has 0 bridgehead atoms. The molecule has 1 aromatic rings. The Balaban J connectivity index is 2.17. The molecule has 0 spiro atoms. The molecule has 28 heavy (non-hydrogen) atoms. The van der Waals surface area contributed by atoms with Gasteiger partial charge in [-0.15, -0.1) is 0 Å². The highest BCUT2D eigenvalue weighted by molar-refractivity contribution is 6.30. The second kappa shape index (κ2) is 13.9. The third-order valence-corrected chi connectivity index (χ3v) is 4.39. The van der Waals surface area contributed by atoms with Crippen molar-refractivity contribution < 1.29 is 24.0 Å². The van der Waals surface area contributed by atoms with Gasteiger partial charge in [-0.3, -0.25) is 19.7 Å². The van der Waals surface area contributed by atoms with Crippen molar-refractivity contribution in [1.82, 2.24) is 0 Å². The number of carbonyl (C=O) groups is 2. The summed E-state index contributed by atoms with van der Waals surface area (Å²) in [5.41, 5.74) is 0.0691. The first-order valence-corrected chi connectivity index (χ1v) is 10.1. The Kier molecular flexibility index (Phi) is 11.9. The maximum atomic E-state index is 11.8. The summed E-state index contributed by atoms with van der Waals surface area (Å²) >= 11 is 5.74.